The van der Waals surface area contributed by atoms with Crippen molar-refractivity contribution >= 4 is 58.3 Å². The number of thioether (sulfide) groups is 1. The van der Waals surface area contributed by atoms with Crippen molar-refractivity contribution < 1.29 is 19.1 Å². The summed E-state index contributed by atoms with van der Waals surface area (Å²) in [6.45, 7) is 0. The zero-order chi connectivity index (χ0) is 30.7. The molecule has 0 fully saturated rings. The van der Waals surface area contributed by atoms with Crippen LogP contribution in [0.5, 0.6) is 5.75 Å². The number of benzene rings is 4. The van der Waals surface area contributed by atoms with Gasteiger partial charge >= 0.3 is 0 Å². The van der Waals surface area contributed by atoms with E-state index >= 15 is 0 Å². The second-order valence-electron chi connectivity index (χ2n) is 9.51. The number of anilines is 2. The van der Waals surface area contributed by atoms with Crippen LogP contribution >= 0.6 is 23.1 Å². The molecule has 0 aliphatic rings. The number of hydrogen-bond acceptors (Lipinski definition) is 6. The Labute approximate surface area is 264 Å². The van der Waals surface area contributed by atoms with E-state index in [9.17, 15) is 14.4 Å². The second kappa shape index (κ2) is 14.9. The van der Waals surface area contributed by atoms with Crippen LogP contribution in [0.15, 0.2) is 137 Å². The smallest absolute Gasteiger partial charge is 0.272 e. The summed E-state index contributed by atoms with van der Waals surface area (Å²) in [5, 5.41) is 9.97. The van der Waals surface area contributed by atoms with E-state index in [1.165, 1.54) is 23.1 Å². The molecular weight excluding hydrogens is 591 g/mol. The molecule has 4 aromatic carbocycles. The van der Waals surface area contributed by atoms with Crippen LogP contribution in [0.1, 0.15) is 26.0 Å². The van der Waals surface area contributed by atoms with E-state index in [1.807, 2.05) is 78.2 Å². The Hall–Kier alpha value is -5.12. The van der Waals surface area contributed by atoms with E-state index in [4.69, 9.17) is 4.74 Å². The zero-order valence-electron chi connectivity index (χ0n) is 23.7. The predicted octanol–water partition coefficient (Wildman–Crippen LogP) is 7.64. The van der Waals surface area contributed by atoms with Crippen LogP contribution in [-0.2, 0) is 9.59 Å². The molecule has 220 valence electrons. The lowest BCUT2D eigenvalue weighted by molar-refractivity contribution is -0.116. The molecule has 1 aromatic heterocycles. The quantitative estimate of drug-likeness (QED) is 0.104. The van der Waals surface area contributed by atoms with Crippen molar-refractivity contribution in [2.75, 3.05) is 17.7 Å². The number of methoxy groups -OCH3 is 1. The molecule has 0 aliphatic heterocycles. The molecule has 44 heavy (non-hydrogen) atoms. The van der Waals surface area contributed by atoms with Gasteiger partial charge in [-0.3, -0.25) is 14.4 Å². The summed E-state index contributed by atoms with van der Waals surface area (Å²) in [6.07, 6.45) is 1.65. The zero-order valence-corrected chi connectivity index (χ0v) is 25.4. The van der Waals surface area contributed by atoms with Gasteiger partial charge < -0.3 is 20.7 Å². The third kappa shape index (κ3) is 8.25. The van der Waals surface area contributed by atoms with Crippen LogP contribution in [-0.4, -0.2) is 24.8 Å². The molecule has 7 nitrogen and oxygen atoms in total. The highest BCUT2D eigenvalue weighted by Gasteiger charge is 2.23. The number of amides is 3. The minimum absolute atomic E-state index is 0.110. The number of ether oxygens (including phenoxy) is 1. The Balaban J connectivity index is 1.35. The molecule has 1 unspecified atom stereocenters. The average molecular weight is 620 g/mol. The lowest BCUT2D eigenvalue weighted by Gasteiger charge is -2.18. The van der Waals surface area contributed by atoms with E-state index in [0.717, 1.165) is 15.3 Å². The van der Waals surface area contributed by atoms with Crippen molar-refractivity contribution in [3.05, 3.63) is 148 Å². The number of nitrogens with one attached hydrogen (secondary N) is 3. The fourth-order valence-electron chi connectivity index (χ4n) is 4.25. The Morgan fingerprint density at radius 2 is 1.48 bits per heavy atom. The first kappa shape index (κ1) is 30.3. The maximum Gasteiger partial charge on any atom is 0.272 e. The van der Waals surface area contributed by atoms with Crippen molar-refractivity contribution in [1.29, 1.82) is 0 Å². The summed E-state index contributed by atoms with van der Waals surface area (Å²) in [5.41, 5.74) is 2.52. The van der Waals surface area contributed by atoms with Gasteiger partial charge in [-0.25, -0.2) is 0 Å². The van der Waals surface area contributed by atoms with Gasteiger partial charge in [0.15, 0.2) is 0 Å². The highest BCUT2D eigenvalue weighted by Crippen LogP contribution is 2.37. The highest BCUT2D eigenvalue weighted by atomic mass is 32.2. The maximum atomic E-state index is 13.6. The molecular formula is C35H29N3O4S2. The summed E-state index contributed by atoms with van der Waals surface area (Å²) >= 11 is 2.82. The first-order chi connectivity index (χ1) is 21.5. The van der Waals surface area contributed by atoms with Gasteiger partial charge in [0.2, 0.25) is 5.91 Å². The van der Waals surface area contributed by atoms with Gasteiger partial charge in [-0.05, 0) is 65.6 Å². The predicted molar refractivity (Wildman–Crippen MR) is 178 cm³/mol. The highest BCUT2D eigenvalue weighted by molar-refractivity contribution is 8.00. The Kier molecular flexibility index (Phi) is 10.2. The third-order valence-corrected chi connectivity index (χ3v) is 8.45. The standard InChI is InChI=1S/C35H29N3O4S2/c1-42-28-17-8-15-26(21-28)37-35(41)32(24-11-4-2-5-12-24)44-30-18-9-16-27(22-30)36-34(40)31(23-29-19-10-20-43-29)38-33(39)25-13-6-3-7-14-25/h2-23,32H,1H3,(H,36,40)(H,37,41)(H,38,39)/b31-23-. The van der Waals surface area contributed by atoms with Crippen molar-refractivity contribution in [2.24, 2.45) is 0 Å². The SMILES string of the molecule is COc1cccc(NC(=O)C(Sc2cccc(NC(=O)/C(=C/c3cccs3)NC(=O)c3ccccc3)c2)c2ccccc2)c1. The largest absolute Gasteiger partial charge is 0.497 e. The fourth-order valence-corrected chi connectivity index (χ4v) is 5.99. The van der Waals surface area contributed by atoms with Crippen LogP contribution < -0.4 is 20.7 Å². The summed E-state index contributed by atoms with van der Waals surface area (Å²) in [6, 6.07) is 36.4. The molecule has 0 saturated heterocycles. The molecule has 9 heteroatoms. The molecule has 0 radical (unpaired) electrons. The van der Waals surface area contributed by atoms with Gasteiger partial charge in [0, 0.05) is 32.8 Å². The van der Waals surface area contributed by atoms with Crippen molar-refractivity contribution in [2.45, 2.75) is 10.1 Å². The van der Waals surface area contributed by atoms with Crippen molar-refractivity contribution in [1.82, 2.24) is 5.32 Å². The van der Waals surface area contributed by atoms with Gasteiger partial charge in [0.05, 0.1) is 7.11 Å². The minimum Gasteiger partial charge on any atom is -0.497 e. The molecule has 1 heterocycles. The van der Waals surface area contributed by atoms with Crippen LogP contribution in [0.2, 0.25) is 0 Å². The fraction of sp³-hybridized carbons (Fsp3) is 0.0571. The van der Waals surface area contributed by atoms with Crippen molar-refractivity contribution in [3.63, 3.8) is 0 Å². The van der Waals surface area contributed by atoms with Crippen LogP contribution in [0.3, 0.4) is 0 Å². The number of carbonyl (C=O) groups is 3. The lowest BCUT2D eigenvalue weighted by atomic mass is 10.1. The number of thiophene rings is 1. The monoisotopic (exact) mass is 619 g/mol. The van der Waals surface area contributed by atoms with E-state index < -0.39 is 11.2 Å². The minimum atomic E-state index is -0.576. The molecule has 0 saturated carbocycles. The van der Waals surface area contributed by atoms with Crippen LogP contribution in [0.4, 0.5) is 11.4 Å². The van der Waals surface area contributed by atoms with E-state index in [-0.39, 0.29) is 17.5 Å². The molecule has 3 amide bonds. The summed E-state index contributed by atoms with van der Waals surface area (Å²) in [7, 11) is 1.58. The van der Waals surface area contributed by atoms with E-state index in [1.54, 1.807) is 61.7 Å². The Bertz CT molecular complexity index is 1760. The maximum absolute atomic E-state index is 13.6. The van der Waals surface area contributed by atoms with Gasteiger partial charge in [-0.15, -0.1) is 23.1 Å². The average Bonchev–Trinajstić information content (AvgIpc) is 3.57. The number of hydrogen-bond donors (Lipinski definition) is 3. The summed E-state index contributed by atoms with van der Waals surface area (Å²) in [4.78, 5) is 41.5. The topological polar surface area (TPSA) is 96.5 Å². The normalized spacial score (nSPS) is 11.7. The first-order valence-electron chi connectivity index (χ1n) is 13.7. The van der Waals surface area contributed by atoms with Gasteiger partial charge in [-0.2, -0.15) is 0 Å². The molecule has 0 aliphatic carbocycles. The molecule has 0 bridgehead atoms. The molecule has 3 N–H and O–H groups in total. The van der Waals surface area contributed by atoms with E-state index in [0.29, 0.717) is 22.7 Å². The van der Waals surface area contributed by atoms with Gasteiger partial charge in [-0.1, -0.05) is 66.7 Å². The number of rotatable bonds is 11. The first-order valence-corrected chi connectivity index (χ1v) is 15.4. The van der Waals surface area contributed by atoms with Gasteiger partial charge in [0.25, 0.3) is 11.8 Å². The lowest BCUT2D eigenvalue weighted by Crippen LogP contribution is -2.30. The Morgan fingerprint density at radius 3 is 2.18 bits per heavy atom. The Morgan fingerprint density at radius 1 is 0.773 bits per heavy atom. The summed E-state index contributed by atoms with van der Waals surface area (Å²) in [5.74, 6) is -0.419. The molecule has 5 rings (SSSR count). The van der Waals surface area contributed by atoms with Crippen LogP contribution in [0, 0.1) is 0 Å². The van der Waals surface area contributed by atoms with E-state index in [2.05, 4.69) is 16.0 Å². The van der Waals surface area contributed by atoms with Gasteiger partial charge in [0.1, 0.15) is 16.7 Å². The van der Waals surface area contributed by atoms with Crippen molar-refractivity contribution in [3.8, 4) is 5.75 Å². The molecule has 1 atom stereocenters. The number of carbonyl (C=O) groups excluding carboxylic acids is 3. The van der Waals surface area contributed by atoms with Crippen LogP contribution in [0.25, 0.3) is 6.08 Å². The second-order valence-corrected chi connectivity index (χ2v) is 11.7. The molecule has 0 spiro atoms. The summed E-state index contributed by atoms with van der Waals surface area (Å²) < 4.78 is 5.29. The molecule has 5 aromatic rings. The third-order valence-electron chi connectivity index (χ3n) is 6.38.